The molecule has 1 N–H and O–H groups in total. The van der Waals surface area contributed by atoms with Crippen LogP contribution in [0.1, 0.15) is 39.5 Å². The average molecular weight is 184 g/mol. The van der Waals surface area contributed by atoms with Gasteiger partial charge in [0.15, 0.2) is 0 Å². The van der Waals surface area contributed by atoms with Crippen molar-refractivity contribution in [2.75, 3.05) is 26.3 Å². The molecule has 0 aromatic rings. The topological polar surface area (TPSA) is 15.3 Å². The second-order valence-corrected chi connectivity index (χ2v) is 4.15. The Labute approximate surface area is 82.7 Å². The van der Waals surface area contributed by atoms with Crippen LogP contribution in [0.15, 0.2) is 0 Å². The molecule has 1 saturated heterocycles. The summed E-state index contributed by atoms with van der Waals surface area (Å²) in [6.45, 7) is 9.47. The van der Waals surface area contributed by atoms with E-state index in [1.54, 1.807) is 0 Å². The third-order valence-electron chi connectivity index (χ3n) is 3.00. The number of nitrogens with zero attached hydrogens (tertiary/aromatic N) is 1. The second kappa shape index (κ2) is 6.39. The summed E-state index contributed by atoms with van der Waals surface area (Å²) in [5, 5.41) is 3.38. The van der Waals surface area contributed by atoms with E-state index in [-0.39, 0.29) is 0 Å². The molecule has 0 aromatic heterocycles. The summed E-state index contributed by atoms with van der Waals surface area (Å²) in [6.07, 6.45) is 5.51. The number of rotatable bonds is 6. The van der Waals surface area contributed by atoms with Crippen LogP contribution in [0.5, 0.6) is 0 Å². The molecule has 0 spiro atoms. The molecule has 1 atom stereocenters. The Balaban J connectivity index is 2.13. The molecule has 1 aliphatic heterocycles. The standard InChI is InChI=1S/C11H24N2/c1-3-5-6-11(4-2)9-13-8-7-12-10-13/h11-12H,3-10H2,1-2H3. The van der Waals surface area contributed by atoms with Gasteiger partial charge in [-0.2, -0.15) is 0 Å². The van der Waals surface area contributed by atoms with Gasteiger partial charge in [0.05, 0.1) is 0 Å². The first-order valence-electron chi connectivity index (χ1n) is 5.79. The fourth-order valence-electron chi connectivity index (χ4n) is 1.99. The highest BCUT2D eigenvalue weighted by molar-refractivity contribution is 4.70. The van der Waals surface area contributed by atoms with Crippen molar-refractivity contribution in [3.63, 3.8) is 0 Å². The molecule has 1 heterocycles. The largest absolute Gasteiger partial charge is 0.303 e. The first-order chi connectivity index (χ1) is 6.36. The van der Waals surface area contributed by atoms with Gasteiger partial charge in [0.1, 0.15) is 0 Å². The summed E-state index contributed by atoms with van der Waals surface area (Å²) in [6, 6.07) is 0. The van der Waals surface area contributed by atoms with E-state index < -0.39 is 0 Å². The van der Waals surface area contributed by atoms with Crippen molar-refractivity contribution in [2.24, 2.45) is 5.92 Å². The molecule has 0 amide bonds. The summed E-state index contributed by atoms with van der Waals surface area (Å²) in [5.41, 5.74) is 0. The maximum Gasteiger partial charge on any atom is 0.0481 e. The molecule has 0 saturated carbocycles. The van der Waals surface area contributed by atoms with Crippen LogP contribution in [0, 0.1) is 5.92 Å². The Hall–Kier alpha value is -0.0800. The summed E-state index contributed by atoms with van der Waals surface area (Å²) in [5.74, 6) is 0.930. The van der Waals surface area contributed by atoms with Crippen molar-refractivity contribution >= 4 is 0 Å². The molecule has 1 unspecified atom stereocenters. The Morgan fingerprint density at radius 2 is 2.23 bits per heavy atom. The summed E-state index contributed by atoms with van der Waals surface area (Å²) in [7, 11) is 0. The highest BCUT2D eigenvalue weighted by Gasteiger charge is 2.15. The van der Waals surface area contributed by atoms with E-state index in [2.05, 4.69) is 24.1 Å². The van der Waals surface area contributed by atoms with Gasteiger partial charge >= 0.3 is 0 Å². The lowest BCUT2D eigenvalue weighted by Gasteiger charge is -2.21. The number of unbranched alkanes of at least 4 members (excludes halogenated alkanes) is 1. The van der Waals surface area contributed by atoms with E-state index in [1.165, 1.54) is 45.3 Å². The molecule has 1 fully saturated rings. The van der Waals surface area contributed by atoms with Crippen molar-refractivity contribution in [1.29, 1.82) is 0 Å². The zero-order chi connectivity index (χ0) is 9.52. The highest BCUT2D eigenvalue weighted by Crippen LogP contribution is 2.14. The Morgan fingerprint density at radius 3 is 2.77 bits per heavy atom. The Kier molecular flexibility index (Phi) is 5.40. The van der Waals surface area contributed by atoms with Crippen LogP contribution in [0.3, 0.4) is 0 Å². The van der Waals surface area contributed by atoms with Gasteiger partial charge in [0, 0.05) is 26.3 Å². The van der Waals surface area contributed by atoms with Gasteiger partial charge in [-0.3, -0.25) is 4.90 Å². The molecule has 78 valence electrons. The van der Waals surface area contributed by atoms with Gasteiger partial charge in [-0.15, -0.1) is 0 Å². The highest BCUT2D eigenvalue weighted by atomic mass is 15.3. The van der Waals surface area contributed by atoms with E-state index in [0.29, 0.717) is 0 Å². The third-order valence-corrected chi connectivity index (χ3v) is 3.00. The molecule has 0 aliphatic carbocycles. The molecular formula is C11H24N2. The van der Waals surface area contributed by atoms with Crippen molar-refractivity contribution in [2.45, 2.75) is 39.5 Å². The van der Waals surface area contributed by atoms with Crippen molar-refractivity contribution in [1.82, 2.24) is 10.2 Å². The van der Waals surface area contributed by atoms with Crippen molar-refractivity contribution < 1.29 is 0 Å². The summed E-state index contributed by atoms with van der Waals surface area (Å²) in [4.78, 5) is 2.55. The van der Waals surface area contributed by atoms with Gasteiger partial charge in [0.25, 0.3) is 0 Å². The molecular weight excluding hydrogens is 160 g/mol. The zero-order valence-electron chi connectivity index (χ0n) is 9.18. The number of hydrogen-bond donors (Lipinski definition) is 1. The van der Waals surface area contributed by atoms with Crippen molar-refractivity contribution in [3.8, 4) is 0 Å². The lowest BCUT2D eigenvalue weighted by atomic mass is 9.99. The van der Waals surface area contributed by atoms with E-state index >= 15 is 0 Å². The first-order valence-corrected chi connectivity index (χ1v) is 5.79. The average Bonchev–Trinajstić information content (AvgIpc) is 2.64. The number of hydrogen-bond acceptors (Lipinski definition) is 2. The SMILES string of the molecule is CCCCC(CC)CN1CCNC1. The Bertz CT molecular complexity index is 119. The molecule has 0 aromatic carbocycles. The zero-order valence-corrected chi connectivity index (χ0v) is 9.18. The number of nitrogens with one attached hydrogen (secondary N) is 1. The maximum atomic E-state index is 3.38. The van der Waals surface area contributed by atoms with Gasteiger partial charge in [-0.1, -0.05) is 33.1 Å². The molecule has 0 radical (unpaired) electrons. The van der Waals surface area contributed by atoms with Gasteiger partial charge in [-0.25, -0.2) is 0 Å². The van der Waals surface area contributed by atoms with E-state index in [4.69, 9.17) is 0 Å². The van der Waals surface area contributed by atoms with Crippen molar-refractivity contribution in [3.05, 3.63) is 0 Å². The van der Waals surface area contributed by atoms with Gasteiger partial charge in [0.2, 0.25) is 0 Å². The minimum atomic E-state index is 0.930. The smallest absolute Gasteiger partial charge is 0.0481 e. The van der Waals surface area contributed by atoms with Crippen LogP contribution in [-0.2, 0) is 0 Å². The second-order valence-electron chi connectivity index (χ2n) is 4.15. The minimum absolute atomic E-state index is 0.930. The third kappa shape index (κ3) is 4.10. The molecule has 2 heteroatoms. The predicted octanol–water partition coefficient (Wildman–Crippen LogP) is 2.07. The predicted molar refractivity (Wildman–Crippen MR) is 57.7 cm³/mol. The van der Waals surface area contributed by atoms with Crippen LogP contribution in [0.25, 0.3) is 0 Å². The fourth-order valence-corrected chi connectivity index (χ4v) is 1.99. The first kappa shape index (κ1) is 11.0. The lowest BCUT2D eigenvalue weighted by Crippen LogP contribution is -2.28. The quantitative estimate of drug-likeness (QED) is 0.680. The summed E-state index contributed by atoms with van der Waals surface area (Å²) >= 11 is 0. The molecule has 0 bridgehead atoms. The molecule has 1 aliphatic rings. The van der Waals surface area contributed by atoms with E-state index in [9.17, 15) is 0 Å². The lowest BCUT2D eigenvalue weighted by molar-refractivity contribution is 0.258. The van der Waals surface area contributed by atoms with Crippen LogP contribution in [-0.4, -0.2) is 31.2 Å². The van der Waals surface area contributed by atoms with Gasteiger partial charge in [-0.05, 0) is 12.3 Å². The minimum Gasteiger partial charge on any atom is -0.303 e. The monoisotopic (exact) mass is 184 g/mol. The maximum absolute atomic E-state index is 3.38. The van der Waals surface area contributed by atoms with E-state index in [1.807, 2.05) is 0 Å². The fraction of sp³-hybridized carbons (Fsp3) is 1.00. The van der Waals surface area contributed by atoms with Gasteiger partial charge < -0.3 is 5.32 Å². The van der Waals surface area contributed by atoms with E-state index in [0.717, 1.165) is 12.6 Å². The molecule has 1 rings (SSSR count). The van der Waals surface area contributed by atoms with Crippen LogP contribution in [0.2, 0.25) is 0 Å². The molecule has 13 heavy (non-hydrogen) atoms. The summed E-state index contributed by atoms with van der Waals surface area (Å²) < 4.78 is 0. The normalized spacial score (nSPS) is 20.8. The van der Waals surface area contributed by atoms with Crippen LogP contribution < -0.4 is 5.32 Å². The molecule has 2 nitrogen and oxygen atoms in total. The van der Waals surface area contributed by atoms with Crippen LogP contribution >= 0.6 is 0 Å². The Morgan fingerprint density at radius 1 is 1.38 bits per heavy atom. The van der Waals surface area contributed by atoms with Crippen LogP contribution in [0.4, 0.5) is 0 Å².